The quantitative estimate of drug-likeness (QED) is 0.697. The molecule has 0 aliphatic rings. The topological polar surface area (TPSA) is 72.6 Å². The molecule has 108 valence electrons. The van der Waals surface area contributed by atoms with Gasteiger partial charge in [-0.1, -0.05) is 0 Å². The molecule has 0 fully saturated rings. The normalized spacial score (nSPS) is 10.7. The molecule has 19 heavy (non-hydrogen) atoms. The van der Waals surface area contributed by atoms with Gasteiger partial charge in [-0.15, -0.1) is 0 Å². The van der Waals surface area contributed by atoms with E-state index in [9.17, 15) is 0 Å². The SMILES string of the molecule is CCOc1nc(NCCN(C)CCOC)ccc1N. The number of anilines is 2. The summed E-state index contributed by atoms with van der Waals surface area (Å²) in [6.07, 6.45) is 0. The molecule has 0 aliphatic heterocycles. The molecule has 0 bridgehead atoms. The van der Waals surface area contributed by atoms with Crippen molar-refractivity contribution in [3.05, 3.63) is 12.1 Å². The number of hydrogen-bond donors (Lipinski definition) is 2. The first-order valence-corrected chi connectivity index (χ1v) is 6.48. The molecule has 0 atom stereocenters. The molecule has 3 N–H and O–H groups in total. The second-order valence-electron chi connectivity index (χ2n) is 4.25. The Morgan fingerprint density at radius 1 is 1.37 bits per heavy atom. The van der Waals surface area contributed by atoms with Gasteiger partial charge in [0.2, 0.25) is 5.88 Å². The van der Waals surface area contributed by atoms with E-state index in [1.54, 1.807) is 13.2 Å². The third kappa shape index (κ3) is 5.76. The molecular formula is C13H24N4O2. The van der Waals surface area contributed by atoms with Gasteiger partial charge in [0.1, 0.15) is 5.82 Å². The van der Waals surface area contributed by atoms with Gasteiger partial charge in [0.25, 0.3) is 0 Å². The number of nitrogens with zero attached hydrogens (tertiary/aromatic N) is 2. The van der Waals surface area contributed by atoms with Crippen molar-refractivity contribution in [2.75, 3.05) is 58.1 Å². The molecule has 0 saturated carbocycles. The van der Waals surface area contributed by atoms with Crippen LogP contribution in [0.4, 0.5) is 11.5 Å². The molecule has 1 aromatic heterocycles. The smallest absolute Gasteiger partial charge is 0.239 e. The number of likely N-dealkylation sites (N-methyl/N-ethyl adjacent to an activating group) is 1. The maximum Gasteiger partial charge on any atom is 0.239 e. The van der Waals surface area contributed by atoms with Gasteiger partial charge in [0, 0.05) is 26.7 Å². The van der Waals surface area contributed by atoms with Gasteiger partial charge >= 0.3 is 0 Å². The lowest BCUT2D eigenvalue weighted by molar-refractivity contribution is 0.163. The number of nitrogen functional groups attached to an aromatic ring is 1. The van der Waals surface area contributed by atoms with Crippen LogP contribution in [0.2, 0.25) is 0 Å². The first kappa shape index (κ1) is 15.5. The second-order valence-corrected chi connectivity index (χ2v) is 4.25. The molecule has 0 aliphatic carbocycles. The zero-order valence-electron chi connectivity index (χ0n) is 12.0. The van der Waals surface area contributed by atoms with Crippen LogP contribution in [0.1, 0.15) is 6.92 Å². The minimum Gasteiger partial charge on any atom is -0.476 e. The summed E-state index contributed by atoms with van der Waals surface area (Å²) < 4.78 is 10.4. The van der Waals surface area contributed by atoms with Crippen molar-refractivity contribution in [1.29, 1.82) is 0 Å². The van der Waals surface area contributed by atoms with Crippen LogP contribution < -0.4 is 15.8 Å². The van der Waals surface area contributed by atoms with E-state index in [2.05, 4.69) is 22.2 Å². The summed E-state index contributed by atoms with van der Waals surface area (Å²) >= 11 is 0. The van der Waals surface area contributed by atoms with Gasteiger partial charge in [-0.25, -0.2) is 0 Å². The van der Waals surface area contributed by atoms with Crippen LogP contribution in [0, 0.1) is 0 Å². The second kappa shape index (κ2) is 8.55. The number of hydrogen-bond acceptors (Lipinski definition) is 6. The molecular weight excluding hydrogens is 244 g/mol. The summed E-state index contributed by atoms with van der Waals surface area (Å²) in [5, 5.41) is 3.25. The summed E-state index contributed by atoms with van der Waals surface area (Å²) in [4.78, 5) is 6.51. The van der Waals surface area contributed by atoms with E-state index in [1.165, 1.54) is 0 Å². The van der Waals surface area contributed by atoms with Gasteiger partial charge in [0.15, 0.2) is 0 Å². The molecule has 6 heteroatoms. The average molecular weight is 268 g/mol. The van der Waals surface area contributed by atoms with Crippen molar-refractivity contribution in [1.82, 2.24) is 9.88 Å². The van der Waals surface area contributed by atoms with E-state index in [-0.39, 0.29) is 0 Å². The highest BCUT2D eigenvalue weighted by atomic mass is 16.5. The summed E-state index contributed by atoms with van der Waals surface area (Å²) in [6.45, 7) is 5.84. The zero-order valence-corrected chi connectivity index (χ0v) is 12.0. The molecule has 6 nitrogen and oxygen atoms in total. The Morgan fingerprint density at radius 2 is 2.16 bits per heavy atom. The summed E-state index contributed by atoms with van der Waals surface area (Å²) in [5.41, 5.74) is 6.33. The number of nitrogens with one attached hydrogen (secondary N) is 1. The number of aromatic nitrogens is 1. The van der Waals surface area contributed by atoms with Crippen LogP contribution in [-0.4, -0.2) is 56.9 Å². The standard InChI is InChI=1S/C13H24N4O2/c1-4-19-13-11(14)5-6-12(16-13)15-7-8-17(2)9-10-18-3/h5-6H,4,7-10,14H2,1-3H3,(H,15,16). The Balaban J connectivity index is 2.38. The van der Waals surface area contributed by atoms with Gasteiger partial charge in [-0.3, -0.25) is 0 Å². The molecule has 0 unspecified atom stereocenters. The Bertz CT molecular complexity index is 374. The molecule has 0 amide bonds. The van der Waals surface area contributed by atoms with Crippen molar-refractivity contribution >= 4 is 11.5 Å². The first-order chi connectivity index (χ1) is 9.17. The Labute approximate surface area is 114 Å². The lowest BCUT2D eigenvalue weighted by atomic mass is 10.4. The van der Waals surface area contributed by atoms with E-state index >= 15 is 0 Å². The van der Waals surface area contributed by atoms with Crippen molar-refractivity contribution < 1.29 is 9.47 Å². The van der Waals surface area contributed by atoms with Gasteiger partial charge in [-0.2, -0.15) is 4.98 Å². The van der Waals surface area contributed by atoms with Crippen LogP contribution in [0.15, 0.2) is 12.1 Å². The van der Waals surface area contributed by atoms with Crippen LogP contribution in [0.5, 0.6) is 5.88 Å². The average Bonchev–Trinajstić information content (AvgIpc) is 2.40. The fourth-order valence-corrected chi connectivity index (χ4v) is 1.54. The first-order valence-electron chi connectivity index (χ1n) is 6.48. The van der Waals surface area contributed by atoms with Crippen LogP contribution >= 0.6 is 0 Å². The van der Waals surface area contributed by atoms with Crippen LogP contribution in [0.25, 0.3) is 0 Å². The van der Waals surface area contributed by atoms with Gasteiger partial charge in [0.05, 0.1) is 18.9 Å². The fraction of sp³-hybridized carbons (Fsp3) is 0.615. The maximum absolute atomic E-state index is 5.77. The number of rotatable bonds is 9. The van der Waals surface area contributed by atoms with Crippen molar-refractivity contribution in [3.63, 3.8) is 0 Å². The molecule has 1 rings (SSSR count). The maximum atomic E-state index is 5.77. The number of pyridine rings is 1. The van der Waals surface area contributed by atoms with E-state index in [1.807, 2.05) is 13.0 Å². The van der Waals surface area contributed by atoms with Gasteiger partial charge in [-0.05, 0) is 26.1 Å². The predicted octanol–water partition coefficient (Wildman–Crippen LogP) is 1.05. The third-order valence-corrected chi connectivity index (χ3v) is 2.65. The Morgan fingerprint density at radius 3 is 2.84 bits per heavy atom. The minimum absolute atomic E-state index is 0.486. The molecule has 0 spiro atoms. The molecule has 1 heterocycles. The van der Waals surface area contributed by atoms with E-state index in [0.29, 0.717) is 18.2 Å². The fourth-order valence-electron chi connectivity index (χ4n) is 1.54. The van der Waals surface area contributed by atoms with Crippen molar-refractivity contribution in [3.8, 4) is 5.88 Å². The molecule has 0 aromatic carbocycles. The summed E-state index contributed by atoms with van der Waals surface area (Å²) in [7, 11) is 3.77. The largest absolute Gasteiger partial charge is 0.476 e. The van der Waals surface area contributed by atoms with E-state index in [0.717, 1.165) is 32.1 Å². The highest BCUT2D eigenvalue weighted by Crippen LogP contribution is 2.20. The van der Waals surface area contributed by atoms with Crippen LogP contribution in [-0.2, 0) is 4.74 Å². The monoisotopic (exact) mass is 268 g/mol. The molecule has 1 aromatic rings. The Hall–Kier alpha value is -1.53. The third-order valence-electron chi connectivity index (χ3n) is 2.65. The Kier molecular flexibility index (Phi) is 6.99. The number of ether oxygens (including phenoxy) is 2. The minimum atomic E-state index is 0.486. The van der Waals surface area contributed by atoms with Crippen molar-refractivity contribution in [2.24, 2.45) is 0 Å². The van der Waals surface area contributed by atoms with Gasteiger partial charge < -0.3 is 25.4 Å². The van der Waals surface area contributed by atoms with Crippen LogP contribution in [0.3, 0.4) is 0 Å². The highest BCUT2D eigenvalue weighted by Gasteiger charge is 2.04. The van der Waals surface area contributed by atoms with Crippen molar-refractivity contribution in [2.45, 2.75) is 6.92 Å². The predicted molar refractivity (Wildman–Crippen MR) is 77.7 cm³/mol. The highest BCUT2D eigenvalue weighted by molar-refractivity contribution is 5.53. The summed E-state index contributed by atoms with van der Waals surface area (Å²) in [6, 6.07) is 3.65. The summed E-state index contributed by atoms with van der Waals surface area (Å²) in [5.74, 6) is 1.26. The zero-order chi connectivity index (χ0) is 14.1. The molecule has 0 saturated heterocycles. The lowest BCUT2D eigenvalue weighted by Gasteiger charge is -2.16. The number of methoxy groups -OCH3 is 1. The van der Waals surface area contributed by atoms with E-state index < -0.39 is 0 Å². The van der Waals surface area contributed by atoms with E-state index in [4.69, 9.17) is 15.2 Å². The number of nitrogens with two attached hydrogens (primary N) is 1. The molecule has 0 radical (unpaired) electrons. The lowest BCUT2D eigenvalue weighted by Crippen LogP contribution is -2.28.